The standard InChI is InChI=1S/C10H14N4O/c1-4-13-10(15)12-9-11-5-8(7(2)3)6-14(9)13/h5-7H,4H2,1-3H3. The molecule has 0 aliphatic heterocycles. The van der Waals surface area contributed by atoms with Crippen LogP contribution in [0.5, 0.6) is 0 Å². The van der Waals surface area contributed by atoms with E-state index in [1.807, 2.05) is 13.1 Å². The summed E-state index contributed by atoms with van der Waals surface area (Å²) in [5.74, 6) is 0.857. The van der Waals surface area contributed by atoms with E-state index >= 15 is 0 Å². The summed E-state index contributed by atoms with van der Waals surface area (Å²) in [6.45, 7) is 6.70. The Morgan fingerprint density at radius 1 is 1.47 bits per heavy atom. The smallest absolute Gasteiger partial charge is 0.244 e. The van der Waals surface area contributed by atoms with E-state index in [0.717, 1.165) is 5.56 Å². The van der Waals surface area contributed by atoms with Crippen molar-refractivity contribution >= 4 is 5.78 Å². The summed E-state index contributed by atoms with van der Waals surface area (Å²) in [4.78, 5) is 19.4. The molecule has 2 heterocycles. The second-order valence-corrected chi connectivity index (χ2v) is 3.80. The molecule has 0 fully saturated rings. The molecule has 0 aliphatic carbocycles. The van der Waals surface area contributed by atoms with Crippen molar-refractivity contribution in [1.82, 2.24) is 19.2 Å². The van der Waals surface area contributed by atoms with E-state index in [0.29, 0.717) is 18.2 Å². The van der Waals surface area contributed by atoms with Crippen LogP contribution in [0.2, 0.25) is 0 Å². The van der Waals surface area contributed by atoms with Crippen molar-refractivity contribution < 1.29 is 0 Å². The number of hydrogen-bond donors (Lipinski definition) is 0. The number of rotatable bonds is 2. The second kappa shape index (κ2) is 3.49. The van der Waals surface area contributed by atoms with E-state index < -0.39 is 0 Å². The molecule has 2 aromatic heterocycles. The maximum atomic E-state index is 11.4. The summed E-state index contributed by atoms with van der Waals surface area (Å²) in [5.41, 5.74) is 0.855. The van der Waals surface area contributed by atoms with Gasteiger partial charge in [0, 0.05) is 18.9 Å². The van der Waals surface area contributed by atoms with Crippen LogP contribution < -0.4 is 5.69 Å². The van der Waals surface area contributed by atoms with Crippen molar-refractivity contribution in [3.8, 4) is 0 Å². The molecule has 0 saturated heterocycles. The van der Waals surface area contributed by atoms with Crippen LogP contribution in [0.25, 0.3) is 5.78 Å². The highest BCUT2D eigenvalue weighted by Gasteiger charge is 2.07. The van der Waals surface area contributed by atoms with Gasteiger partial charge in [-0.2, -0.15) is 4.98 Å². The average molecular weight is 206 g/mol. The van der Waals surface area contributed by atoms with Gasteiger partial charge in [-0.1, -0.05) is 13.8 Å². The first kappa shape index (κ1) is 9.89. The third-order valence-corrected chi connectivity index (χ3v) is 2.45. The Labute approximate surface area is 87.4 Å². The minimum absolute atomic E-state index is 0.245. The Balaban J connectivity index is 2.73. The van der Waals surface area contributed by atoms with E-state index in [1.165, 1.54) is 0 Å². The molecule has 0 amide bonds. The summed E-state index contributed by atoms with van der Waals surface area (Å²) in [6.07, 6.45) is 3.69. The molecular formula is C10H14N4O. The van der Waals surface area contributed by atoms with Crippen LogP contribution in [0.3, 0.4) is 0 Å². The highest BCUT2D eigenvalue weighted by atomic mass is 16.2. The molecule has 0 saturated carbocycles. The quantitative estimate of drug-likeness (QED) is 0.737. The molecule has 0 N–H and O–H groups in total. The van der Waals surface area contributed by atoms with Crippen LogP contribution in [0.15, 0.2) is 17.2 Å². The molecule has 0 spiro atoms. The lowest BCUT2D eigenvalue weighted by Crippen LogP contribution is -2.19. The van der Waals surface area contributed by atoms with Gasteiger partial charge in [0.05, 0.1) is 0 Å². The van der Waals surface area contributed by atoms with Gasteiger partial charge in [0.15, 0.2) is 0 Å². The summed E-state index contributed by atoms with van der Waals surface area (Å²) in [5, 5.41) is 0. The van der Waals surface area contributed by atoms with E-state index in [1.54, 1.807) is 15.4 Å². The molecule has 2 rings (SSSR count). The molecular weight excluding hydrogens is 192 g/mol. The van der Waals surface area contributed by atoms with Crippen molar-refractivity contribution in [3.05, 3.63) is 28.4 Å². The molecule has 80 valence electrons. The lowest BCUT2D eigenvalue weighted by molar-refractivity contribution is 0.585. The van der Waals surface area contributed by atoms with Crippen LogP contribution >= 0.6 is 0 Å². The van der Waals surface area contributed by atoms with E-state index in [-0.39, 0.29) is 5.69 Å². The Morgan fingerprint density at radius 3 is 2.80 bits per heavy atom. The molecule has 5 nitrogen and oxygen atoms in total. The molecule has 0 aromatic carbocycles. The van der Waals surface area contributed by atoms with E-state index in [4.69, 9.17) is 0 Å². The van der Waals surface area contributed by atoms with Gasteiger partial charge in [-0.3, -0.25) is 0 Å². The Morgan fingerprint density at radius 2 is 2.20 bits per heavy atom. The first-order valence-corrected chi connectivity index (χ1v) is 5.08. The molecule has 2 aromatic rings. The van der Waals surface area contributed by atoms with Crippen LogP contribution in [0, 0.1) is 0 Å². The van der Waals surface area contributed by atoms with Crippen molar-refractivity contribution in [1.29, 1.82) is 0 Å². The number of nitrogens with zero attached hydrogens (tertiary/aromatic N) is 4. The summed E-state index contributed by atoms with van der Waals surface area (Å²) >= 11 is 0. The number of aryl methyl sites for hydroxylation is 1. The third kappa shape index (κ3) is 1.54. The number of aromatic nitrogens is 4. The highest BCUT2D eigenvalue weighted by Crippen LogP contribution is 2.12. The highest BCUT2D eigenvalue weighted by molar-refractivity contribution is 5.27. The van der Waals surface area contributed by atoms with Gasteiger partial charge < -0.3 is 0 Å². The molecule has 0 unspecified atom stereocenters. The zero-order valence-corrected chi connectivity index (χ0v) is 9.14. The fourth-order valence-electron chi connectivity index (χ4n) is 1.50. The normalized spacial score (nSPS) is 11.5. The average Bonchev–Trinajstić information content (AvgIpc) is 2.51. The van der Waals surface area contributed by atoms with Gasteiger partial charge in [-0.15, -0.1) is 0 Å². The van der Waals surface area contributed by atoms with Gasteiger partial charge in [-0.05, 0) is 18.4 Å². The Hall–Kier alpha value is -1.65. The minimum atomic E-state index is -0.245. The van der Waals surface area contributed by atoms with Gasteiger partial charge in [0.1, 0.15) is 0 Å². The monoisotopic (exact) mass is 206 g/mol. The summed E-state index contributed by atoms with van der Waals surface area (Å²) in [6, 6.07) is 0. The zero-order chi connectivity index (χ0) is 11.0. The predicted octanol–water partition coefficient (Wildman–Crippen LogP) is 1.03. The lowest BCUT2D eigenvalue weighted by Gasteiger charge is -2.06. The molecule has 5 heteroatoms. The van der Waals surface area contributed by atoms with Crippen LogP contribution in [-0.2, 0) is 6.54 Å². The van der Waals surface area contributed by atoms with E-state index in [9.17, 15) is 4.79 Å². The molecule has 0 radical (unpaired) electrons. The first-order valence-electron chi connectivity index (χ1n) is 5.08. The van der Waals surface area contributed by atoms with Crippen molar-refractivity contribution in [2.45, 2.75) is 33.2 Å². The topological polar surface area (TPSA) is 52.2 Å². The molecule has 0 atom stereocenters. The van der Waals surface area contributed by atoms with Crippen LogP contribution in [0.1, 0.15) is 32.3 Å². The maximum Gasteiger partial charge on any atom is 0.366 e. The van der Waals surface area contributed by atoms with Crippen LogP contribution in [0.4, 0.5) is 0 Å². The second-order valence-electron chi connectivity index (χ2n) is 3.80. The van der Waals surface area contributed by atoms with Gasteiger partial charge in [0.25, 0.3) is 5.78 Å². The van der Waals surface area contributed by atoms with Gasteiger partial charge >= 0.3 is 5.69 Å². The van der Waals surface area contributed by atoms with Crippen molar-refractivity contribution in [2.24, 2.45) is 0 Å². The van der Waals surface area contributed by atoms with Gasteiger partial charge in [-0.25, -0.2) is 19.0 Å². The first-order chi connectivity index (χ1) is 7.13. The SMILES string of the molecule is CCn1c(=O)nc2ncc(C(C)C)cn21. The fraction of sp³-hybridized carbons (Fsp3) is 0.500. The minimum Gasteiger partial charge on any atom is -0.244 e. The fourth-order valence-corrected chi connectivity index (χ4v) is 1.50. The summed E-state index contributed by atoms with van der Waals surface area (Å²) in [7, 11) is 0. The lowest BCUT2D eigenvalue weighted by atomic mass is 10.1. The number of fused-ring (bicyclic) bond motifs is 1. The molecule has 0 aliphatic rings. The van der Waals surface area contributed by atoms with Crippen molar-refractivity contribution in [2.75, 3.05) is 0 Å². The predicted molar refractivity (Wildman–Crippen MR) is 57.0 cm³/mol. The van der Waals surface area contributed by atoms with Gasteiger partial charge in [0.2, 0.25) is 0 Å². The van der Waals surface area contributed by atoms with Crippen LogP contribution in [-0.4, -0.2) is 19.2 Å². The maximum absolute atomic E-state index is 11.4. The molecule has 0 bridgehead atoms. The number of hydrogen-bond acceptors (Lipinski definition) is 3. The largest absolute Gasteiger partial charge is 0.366 e. The Kier molecular flexibility index (Phi) is 2.30. The molecule has 15 heavy (non-hydrogen) atoms. The van der Waals surface area contributed by atoms with E-state index in [2.05, 4.69) is 23.8 Å². The zero-order valence-electron chi connectivity index (χ0n) is 9.14. The third-order valence-electron chi connectivity index (χ3n) is 2.45. The summed E-state index contributed by atoms with van der Waals surface area (Å²) < 4.78 is 3.28. The van der Waals surface area contributed by atoms with Crippen molar-refractivity contribution in [3.63, 3.8) is 0 Å². The Bertz CT molecular complexity index is 538.